The number of halogens is 1. The Hall–Kier alpha value is -2.25. The van der Waals surface area contributed by atoms with E-state index in [1.54, 1.807) is 0 Å². The zero-order valence-electron chi connectivity index (χ0n) is 15.1. The molecule has 0 atom stereocenters. The van der Waals surface area contributed by atoms with E-state index in [1.807, 2.05) is 32.0 Å². The topological polar surface area (TPSA) is 66.5 Å². The van der Waals surface area contributed by atoms with Gasteiger partial charge in [0.05, 0.1) is 6.26 Å². The predicted octanol–water partition coefficient (Wildman–Crippen LogP) is 3.23. The fourth-order valence-electron chi connectivity index (χ4n) is 2.42. The van der Waals surface area contributed by atoms with Crippen LogP contribution in [0, 0.1) is 19.7 Å². The summed E-state index contributed by atoms with van der Waals surface area (Å²) in [5, 5.41) is 2.78. The molecule has 1 N–H and O–H groups in total. The second kappa shape index (κ2) is 8.42. The van der Waals surface area contributed by atoms with E-state index in [0.29, 0.717) is 11.3 Å². The number of amides is 1. The molecule has 0 heterocycles. The Morgan fingerprint density at radius 2 is 1.73 bits per heavy atom. The number of carbonyl (C=O) groups is 1. The summed E-state index contributed by atoms with van der Waals surface area (Å²) in [7, 11) is -3.49. The lowest BCUT2D eigenvalue weighted by Gasteiger charge is -2.20. The van der Waals surface area contributed by atoms with E-state index < -0.39 is 10.0 Å². The van der Waals surface area contributed by atoms with Crippen molar-refractivity contribution in [3.63, 3.8) is 0 Å². The van der Waals surface area contributed by atoms with Gasteiger partial charge in [-0.2, -0.15) is 4.31 Å². The molecular weight excluding hydrogens is 355 g/mol. The van der Waals surface area contributed by atoms with Crippen molar-refractivity contribution < 1.29 is 17.6 Å². The lowest BCUT2D eigenvalue weighted by Crippen LogP contribution is -2.32. The van der Waals surface area contributed by atoms with Crippen molar-refractivity contribution in [2.45, 2.75) is 26.8 Å². The molecule has 0 fully saturated rings. The Morgan fingerprint density at radius 3 is 2.31 bits per heavy atom. The molecule has 5 nitrogen and oxygen atoms in total. The highest BCUT2D eigenvalue weighted by atomic mass is 32.2. The van der Waals surface area contributed by atoms with Crippen molar-refractivity contribution in [3.8, 4) is 0 Å². The first-order chi connectivity index (χ1) is 12.1. The number of carbonyl (C=O) groups excluding carboxylic acids is 1. The average Bonchev–Trinajstić information content (AvgIpc) is 2.55. The molecule has 2 rings (SSSR count). The van der Waals surface area contributed by atoms with Gasteiger partial charge in [-0.1, -0.05) is 18.2 Å². The first-order valence-corrected chi connectivity index (χ1v) is 10.1. The van der Waals surface area contributed by atoms with E-state index in [1.165, 1.54) is 28.6 Å². The van der Waals surface area contributed by atoms with Crippen molar-refractivity contribution in [2.75, 3.05) is 18.1 Å². The molecule has 0 aromatic heterocycles. The summed E-state index contributed by atoms with van der Waals surface area (Å²) in [6, 6.07) is 11.2. The lowest BCUT2D eigenvalue weighted by molar-refractivity contribution is -0.116. The molecule has 2 aromatic carbocycles. The highest BCUT2D eigenvalue weighted by molar-refractivity contribution is 7.88. The Labute approximate surface area is 153 Å². The second-order valence-corrected chi connectivity index (χ2v) is 8.30. The van der Waals surface area contributed by atoms with E-state index in [0.717, 1.165) is 17.4 Å². The summed E-state index contributed by atoms with van der Waals surface area (Å²) in [5.41, 5.74) is 3.54. The van der Waals surface area contributed by atoms with Gasteiger partial charge in [0.2, 0.25) is 15.9 Å². The molecule has 0 spiro atoms. The monoisotopic (exact) mass is 378 g/mol. The molecule has 26 heavy (non-hydrogen) atoms. The quantitative estimate of drug-likeness (QED) is 0.804. The predicted molar refractivity (Wildman–Crippen MR) is 101 cm³/mol. The summed E-state index contributed by atoms with van der Waals surface area (Å²) < 4.78 is 38.1. The molecule has 7 heteroatoms. The van der Waals surface area contributed by atoms with Gasteiger partial charge < -0.3 is 5.32 Å². The number of benzene rings is 2. The summed E-state index contributed by atoms with van der Waals surface area (Å²) in [5.74, 6) is -0.645. The zero-order valence-corrected chi connectivity index (χ0v) is 15.9. The molecular formula is C19H23FN2O3S. The normalized spacial score (nSPS) is 11.6. The minimum absolute atomic E-state index is 0.0290. The van der Waals surface area contributed by atoms with Crippen LogP contribution in [0.2, 0.25) is 0 Å². The fourth-order valence-corrected chi connectivity index (χ4v) is 3.23. The summed E-state index contributed by atoms with van der Waals surface area (Å²) in [6.45, 7) is 4.09. The molecule has 0 bridgehead atoms. The third kappa shape index (κ3) is 5.93. The van der Waals surface area contributed by atoms with Crippen molar-refractivity contribution in [3.05, 3.63) is 65.0 Å². The van der Waals surface area contributed by atoms with Crippen molar-refractivity contribution in [1.82, 2.24) is 4.31 Å². The van der Waals surface area contributed by atoms with Crippen LogP contribution in [-0.4, -0.2) is 31.4 Å². The van der Waals surface area contributed by atoms with Gasteiger partial charge in [-0.3, -0.25) is 4.79 Å². The minimum Gasteiger partial charge on any atom is -0.326 e. The van der Waals surface area contributed by atoms with Crippen LogP contribution in [-0.2, 0) is 21.4 Å². The van der Waals surface area contributed by atoms with Crippen molar-refractivity contribution >= 4 is 21.6 Å². The molecule has 0 saturated heterocycles. The highest BCUT2D eigenvalue weighted by Gasteiger charge is 2.18. The average molecular weight is 378 g/mol. The number of sulfonamides is 1. The van der Waals surface area contributed by atoms with Crippen molar-refractivity contribution in [1.29, 1.82) is 0 Å². The Morgan fingerprint density at radius 1 is 1.08 bits per heavy atom. The maximum absolute atomic E-state index is 13.0. The van der Waals surface area contributed by atoms with Gasteiger partial charge in [0.15, 0.2) is 0 Å². The van der Waals surface area contributed by atoms with E-state index in [2.05, 4.69) is 5.32 Å². The largest absolute Gasteiger partial charge is 0.326 e. The van der Waals surface area contributed by atoms with Crippen LogP contribution in [0.1, 0.15) is 23.1 Å². The Kier molecular flexibility index (Phi) is 6.50. The highest BCUT2D eigenvalue weighted by Crippen LogP contribution is 2.15. The van der Waals surface area contributed by atoms with Gasteiger partial charge >= 0.3 is 0 Å². The first kappa shape index (κ1) is 20.1. The minimum atomic E-state index is -3.49. The van der Waals surface area contributed by atoms with Gasteiger partial charge in [-0.05, 0) is 54.8 Å². The van der Waals surface area contributed by atoms with Gasteiger partial charge in [0, 0.05) is 25.2 Å². The fraction of sp³-hybridized carbons (Fsp3) is 0.316. The molecule has 0 aliphatic rings. The number of hydrogen-bond acceptors (Lipinski definition) is 3. The lowest BCUT2D eigenvalue weighted by atomic mass is 10.1. The maximum atomic E-state index is 13.0. The van der Waals surface area contributed by atoms with Crippen LogP contribution in [0.5, 0.6) is 0 Å². The number of nitrogens with zero attached hydrogens (tertiary/aromatic N) is 1. The van der Waals surface area contributed by atoms with E-state index >= 15 is 0 Å². The first-order valence-electron chi connectivity index (χ1n) is 8.22. The van der Waals surface area contributed by atoms with Gasteiger partial charge in [-0.15, -0.1) is 0 Å². The number of hydrogen-bond donors (Lipinski definition) is 1. The van der Waals surface area contributed by atoms with Crippen LogP contribution < -0.4 is 5.32 Å². The van der Waals surface area contributed by atoms with Gasteiger partial charge in [0.1, 0.15) is 5.82 Å². The Bertz CT molecular complexity index is 880. The third-order valence-electron chi connectivity index (χ3n) is 4.12. The molecule has 0 unspecified atom stereocenters. The smallest absolute Gasteiger partial charge is 0.225 e. The molecule has 1 amide bonds. The summed E-state index contributed by atoms with van der Waals surface area (Å²) in [6.07, 6.45) is 1.12. The maximum Gasteiger partial charge on any atom is 0.225 e. The molecule has 0 aliphatic heterocycles. The van der Waals surface area contributed by atoms with Crippen LogP contribution in [0.25, 0.3) is 0 Å². The van der Waals surface area contributed by atoms with Crippen molar-refractivity contribution in [2.24, 2.45) is 0 Å². The van der Waals surface area contributed by atoms with Crippen LogP contribution in [0.15, 0.2) is 42.5 Å². The number of nitrogens with one attached hydrogen (secondary N) is 1. The summed E-state index contributed by atoms with van der Waals surface area (Å²) >= 11 is 0. The van der Waals surface area contributed by atoms with E-state index in [9.17, 15) is 17.6 Å². The SMILES string of the molecule is Cc1ccc(NC(=O)CCN(Cc2ccc(F)cc2)S(C)(=O)=O)cc1C. The van der Waals surface area contributed by atoms with Crippen LogP contribution in [0.3, 0.4) is 0 Å². The number of rotatable bonds is 7. The molecule has 140 valence electrons. The Balaban J connectivity index is 1.98. The number of aryl methyl sites for hydroxylation is 2. The molecule has 2 aromatic rings. The standard InChI is InChI=1S/C19H23FN2O3S/c1-14-4-9-18(12-15(14)2)21-19(23)10-11-22(26(3,24)25)13-16-5-7-17(20)8-6-16/h4-9,12H,10-11,13H2,1-3H3,(H,21,23). The van der Waals surface area contributed by atoms with Gasteiger partial charge in [-0.25, -0.2) is 12.8 Å². The summed E-state index contributed by atoms with van der Waals surface area (Å²) in [4.78, 5) is 12.2. The van der Waals surface area contributed by atoms with Gasteiger partial charge in [0.25, 0.3) is 0 Å². The zero-order chi connectivity index (χ0) is 19.3. The van der Waals surface area contributed by atoms with Crippen LogP contribution >= 0.6 is 0 Å². The third-order valence-corrected chi connectivity index (χ3v) is 5.37. The van der Waals surface area contributed by atoms with E-state index in [4.69, 9.17) is 0 Å². The van der Waals surface area contributed by atoms with E-state index in [-0.39, 0.29) is 31.2 Å². The second-order valence-electron chi connectivity index (χ2n) is 6.32. The molecule has 0 radical (unpaired) electrons. The number of anilines is 1. The molecule has 0 saturated carbocycles. The molecule has 0 aliphatic carbocycles. The van der Waals surface area contributed by atoms with Crippen LogP contribution in [0.4, 0.5) is 10.1 Å².